The fraction of sp³-hybridized carbons (Fsp3) is 0.409. The van der Waals surface area contributed by atoms with Crippen LogP contribution in [0.1, 0.15) is 48.3 Å². The largest absolute Gasteiger partial charge is 0.480 e. The first-order chi connectivity index (χ1) is 14.6. The lowest BCUT2D eigenvalue weighted by Gasteiger charge is -2.21. The third kappa shape index (κ3) is 2.60. The SMILES string of the molecule is COc1nc(N=C2C[C@]3(O)CC23)nc2c1C(c1ccc3nnc(C)n3c1)=CCCC2. The molecule has 152 valence electrons. The smallest absolute Gasteiger partial charge is 0.252 e. The normalized spacial score (nSPS) is 25.9. The first-order valence-corrected chi connectivity index (χ1v) is 10.3. The molecule has 3 aromatic rings. The second-order valence-electron chi connectivity index (χ2n) is 8.40. The first kappa shape index (κ1) is 17.7. The minimum Gasteiger partial charge on any atom is -0.480 e. The number of fused-ring (bicyclic) bond motifs is 3. The Kier molecular flexibility index (Phi) is 3.65. The van der Waals surface area contributed by atoms with E-state index in [1.54, 1.807) is 7.11 Å². The van der Waals surface area contributed by atoms with Gasteiger partial charge in [-0.1, -0.05) is 6.08 Å². The maximum absolute atomic E-state index is 10.0. The quantitative estimate of drug-likeness (QED) is 0.723. The Labute approximate surface area is 173 Å². The number of methoxy groups -OCH3 is 1. The average Bonchev–Trinajstić information content (AvgIpc) is 3.22. The van der Waals surface area contributed by atoms with Gasteiger partial charge in [0.25, 0.3) is 5.95 Å². The molecule has 0 radical (unpaired) electrons. The van der Waals surface area contributed by atoms with Crippen molar-refractivity contribution in [3.05, 3.63) is 47.1 Å². The summed E-state index contributed by atoms with van der Waals surface area (Å²) < 4.78 is 7.69. The van der Waals surface area contributed by atoms with Crippen LogP contribution in [0.2, 0.25) is 0 Å². The van der Waals surface area contributed by atoms with Gasteiger partial charge < -0.3 is 9.84 Å². The predicted octanol–water partition coefficient (Wildman–Crippen LogP) is 2.83. The molecule has 3 aromatic heterocycles. The summed E-state index contributed by atoms with van der Waals surface area (Å²) in [5.74, 6) is 2.01. The summed E-state index contributed by atoms with van der Waals surface area (Å²) in [6.07, 6.45) is 8.53. The Bertz CT molecular complexity index is 1260. The van der Waals surface area contributed by atoms with Gasteiger partial charge in [0.15, 0.2) is 5.65 Å². The van der Waals surface area contributed by atoms with Crippen LogP contribution in [0.3, 0.4) is 0 Å². The van der Waals surface area contributed by atoms with Gasteiger partial charge in [0.1, 0.15) is 5.82 Å². The van der Waals surface area contributed by atoms with Crippen molar-refractivity contribution in [1.82, 2.24) is 24.6 Å². The predicted molar refractivity (Wildman–Crippen MR) is 111 cm³/mol. The molecule has 8 heteroatoms. The van der Waals surface area contributed by atoms with E-state index in [0.717, 1.165) is 65.3 Å². The number of aliphatic imine (C=N–C) groups is 1. The van der Waals surface area contributed by atoms with Gasteiger partial charge in [-0.05, 0) is 55.9 Å². The van der Waals surface area contributed by atoms with E-state index in [1.165, 1.54) is 0 Å². The molecule has 1 N–H and O–H groups in total. The lowest BCUT2D eigenvalue weighted by atomic mass is 9.93. The molecule has 0 spiro atoms. The molecule has 0 aromatic carbocycles. The van der Waals surface area contributed by atoms with E-state index in [1.807, 2.05) is 17.4 Å². The summed E-state index contributed by atoms with van der Waals surface area (Å²) in [6.45, 7) is 1.94. The molecule has 3 heterocycles. The summed E-state index contributed by atoms with van der Waals surface area (Å²) in [4.78, 5) is 14.0. The Balaban J connectivity index is 1.46. The molecule has 2 atom stereocenters. The molecule has 0 bridgehead atoms. The molecule has 0 saturated heterocycles. The van der Waals surface area contributed by atoms with Gasteiger partial charge in [0.05, 0.1) is 24.0 Å². The fourth-order valence-electron chi connectivity index (χ4n) is 4.64. The first-order valence-electron chi connectivity index (χ1n) is 10.3. The van der Waals surface area contributed by atoms with E-state index in [2.05, 4.69) is 38.5 Å². The van der Waals surface area contributed by atoms with Crippen molar-refractivity contribution in [2.24, 2.45) is 10.9 Å². The third-order valence-corrected chi connectivity index (χ3v) is 6.43. The zero-order chi connectivity index (χ0) is 20.5. The van der Waals surface area contributed by atoms with Gasteiger partial charge >= 0.3 is 0 Å². The minimum atomic E-state index is -0.497. The maximum atomic E-state index is 10.0. The monoisotopic (exact) mass is 402 g/mol. The molecule has 30 heavy (non-hydrogen) atoms. The van der Waals surface area contributed by atoms with Crippen LogP contribution in [0.25, 0.3) is 11.2 Å². The molecule has 0 aliphatic heterocycles. The van der Waals surface area contributed by atoms with Gasteiger partial charge in [-0.3, -0.25) is 4.40 Å². The molecule has 6 rings (SSSR count). The zero-order valence-electron chi connectivity index (χ0n) is 17.0. The van der Waals surface area contributed by atoms with Crippen molar-refractivity contribution in [2.75, 3.05) is 7.11 Å². The number of hydrogen-bond donors (Lipinski definition) is 1. The molecule has 2 fully saturated rings. The van der Waals surface area contributed by atoms with Crippen molar-refractivity contribution in [3.63, 3.8) is 0 Å². The Hall–Kier alpha value is -3.13. The van der Waals surface area contributed by atoms with Crippen molar-refractivity contribution in [1.29, 1.82) is 0 Å². The van der Waals surface area contributed by atoms with E-state index in [0.29, 0.717) is 18.2 Å². The van der Waals surface area contributed by atoms with Crippen molar-refractivity contribution < 1.29 is 9.84 Å². The molecule has 3 aliphatic rings. The molecule has 0 amide bonds. The van der Waals surface area contributed by atoms with Gasteiger partial charge in [0.2, 0.25) is 5.88 Å². The van der Waals surface area contributed by atoms with Gasteiger partial charge in [-0.25, -0.2) is 9.98 Å². The lowest BCUT2D eigenvalue weighted by molar-refractivity contribution is 0.129. The van der Waals surface area contributed by atoms with Crippen molar-refractivity contribution in [2.45, 2.75) is 44.6 Å². The number of rotatable bonds is 3. The summed E-state index contributed by atoms with van der Waals surface area (Å²) in [5.41, 5.74) is 5.32. The summed E-state index contributed by atoms with van der Waals surface area (Å²) in [7, 11) is 1.64. The molecule has 3 aliphatic carbocycles. The third-order valence-electron chi connectivity index (χ3n) is 6.43. The summed E-state index contributed by atoms with van der Waals surface area (Å²) in [6, 6.07) is 4.03. The molecular weight excluding hydrogens is 380 g/mol. The number of aliphatic hydroxyl groups is 1. The number of allylic oxidation sites excluding steroid dienone is 1. The van der Waals surface area contributed by atoms with Crippen molar-refractivity contribution in [3.8, 4) is 5.88 Å². The second-order valence-corrected chi connectivity index (χ2v) is 8.40. The molecule has 2 saturated carbocycles. The Morgan fingerprint density at radius 2 is 2.17 bits per heavy atom. The second kappa shape index (κ2) is 6.18. The van der Waals surface area contributed by atoms with Crippen LogP contribution in [0.15, 0.2) is 29.4 Å². The van der Waals surface area contributed by atoms with Crippen molar-refractivity contribution >= 4 is 22.9 Å². The van der Waals surface area contributed by atoms with Gasteiger partial charge in [0, 0.05) is 24.2 Å². The number of aromatic nitrogens is 5. The molecular formula is C22H22N6O2. The molecule has 8 nitrogen and oxygen atoms in total. The summed E-state index contributed by atoms with van der Waals surface area (Å²) >= 11 is 0. The van der Waals surface area contributed by atoms with Gasteiger partial charge in [-0.15, -0.1) is 10.2 Å². The Morgan fingerprint density at radius 1 is 1.27 bits per heavy atom. The van der Waals surface area contributed by atoms with Crippen LogP contribution in [-0.4, -0.2) is 48.1 Å². The van der Waals surface area contributed by atoms with Gasteiger partial charge in [-0.2, -0.15) is 4.98 Å². The topological polar surface area (TPSA) is 97.8 Å². The number of nitrogens with zero attached hydrogens (tertiary/aromatic N) is 6. The van der Waals surface area contributed by atoms with Crippen LogP contribution < -0.4 is 4.74 Å². The number of pyridine rings is 1. The van der Waals surface area contributed by atoms with Crippen LogP contribution in [0, 0.1) is 12.8 Å². The molecule has 1 unspecified atom stereocenters. The number of aryl methyl sites for hydroxylation is 2. The maximum Gasteiger partial charge on any atom is 0.252 e. The van der Waals surface area contributed by atoms with E-state index in [4.69, 9.17) is 9.72 Å². The van der Waals surface area contributed by atoms with E-state index in [-0.39, 0.29) is 5.92 Å². The highest BCUT2D eigenvalue weighted by Gasteiger charge is 2.65. The van der Waals surface area contributed by atoms with E-state index < -0.39 is 5.60 Å². The fourth-order valence-corrected chi connectivity index (χ4v) is 4.64. The zero-order valence-corrected chi connectivity index (χ0v) is 17.0. The number of hydrogen-bond acceptors (Lipinski definition) is 7. The van der Waals surface area contributed by atoms with Crippen LogP contribution >= 0.6 is 0 Å². The van der Waals surface area contributed by atoms with Crippen LogP contribution in [0.4, 0.5) is 5.95 Å². The standard InChI is InChI=1S/C22H22N6O2/c1-12-26-27-18-8-7-13(11-28(12)18)14-5-3-4-6-16-19(14)20(30-2)25-21(23-16)24-17-10-22(29)9-15(17)22/h5,7-8,11,15,29H,3-4,6,9-10H2,1-2H3/t15?,22-/m1/s1. The van der Waals surface area contributed by atoms with Crippen LogP contribution in [-0.2, 0) is 6.42 Å². The highest BCUT2D eigenvalue weighted by Crippen LogP contribution is 2.57. The highest BCUT2D eigenvalue weighted by atomic mass is 16.5. The Morgan fingerprint density at radius 3 is 2.93 bits per heavy atom. The number of ether oxygens (including phenoxy) is 1. The minimum absolute atomic E-state index is 0.195. The lowest BCUT2D eigenvalue weighted by Crippen LogP contribution is -2.31. The van der Waals surface area contributed by atoms with E-state index >= 15 is 0 Å². The van der Waals surface area contributed by atoms with Crippen LogP contribution in [0.5, 0.6) is 5.88 Å². The summed E-state index contributed by atoms with van der Waals surface area (Å²) in [5, 5.41) is 18.4. The highest BCUT2D eigenvalue weighted by molar-refractivity contribution is 6.00. The average molecular weight is 402 g/mol. The van der Waals surface area contributed by atoms with E-state index in [9.17, 15) is 5.11 Å².